The number of epoxide rings is 1. The summed E-state index contributed by atoms with van der Waals surface area (Å²) in [7, 11) is 5.94. The standard InChI is InChI=1S/C55H80ClN5O19S/c1-34-12-11-13-41(72-10)55(70)32-40(77-52(69)58-55)35(2)50-54(6,79-50)42(31-47(66)60(8)38-29-37(28-34)30-39(71-9)49(38)56)78-51(68)36(3)59(7)44(63)16-18-53(4,5)81-33-43(62)57-19-21-74-23-25-76-27-26-75-24-22-73-20-17-48(67)80-61-45(64)14-15-46(61)65/h11-15,29-30,35-36,40-42,50,64-65,70H,16-28,31-33H2,1-10H3,(H,57,62)(H,58,69)/t35-,36+,40+,41-,42+,50+,54+,55+/m1/s1. The molecule has 81 heavy (non-hydrogen) atoms. The van der Waals surface area contributed by atoms with E-state index in [2.05, 4.69) is 10.6 Å². The highest BCUT2D eigenvalue weighted by Crippen LogP contribution is 2.49. The Morgan fingerprint density at radius 1 is 0.988 bits per heavy atom. The molecule has 3 aliphatic heterocycles. The second kappa shape index (κ2) is 30.6. The molecule has 4 amide bonds. The van der Waals surface area contributed by atoms with Crippen molar-refractivity contribution in [2.45, 2.75) is 127 Å². The number of hydrogen-bond acceptors (Lipinski definition) is 20. The fourth-order valence-corrected chi connectivity index (χ4v) is 10.2. The SMILES string of the molecule is COc1cc2cc(c1Cl)N(C)C(=O)C[C@H](OC(=O)[C@H](C)N(C)C(=O)CCC(C)(C)SCC(=O)NCCOCCOCCOCCOCCC(=O)On1c(O)ccc1O)[C@]1(C)O[C@H]1[C@H](C)[C@@H]1C[C@@](O)(NC(=O)O1)[C@H](OC)C=CC=C(C)C2. The fourth-order valence-electron chi connectivity index (χ4n) is 9.01. The lowest BCUT2D eigenvalue weighted by atomic mass is 9.83. The number of amides is 4. The zero-order valence-corrected chi connectivity index (χ0v) is 49.4. The molecule has 26 heteroatoms. The third-order valence-corrected chi connectivity index (χ3v) is 16.0. The van der Waals surface area contributed by atoms with Crippen LogP contribution in [0.1, 0.15) is 79.2 Å². The van der Waals surface area contributed by atoms with Crippen molar-refractivity contribution in [1.29, 1.82) is 0 Å². The van der Waals surface area contributed by atoms with Gasteiger partial charge in [0.15, 0.2) is 5.72 Å². The number of fused-ring (bicyclic) bond motifs is 5. The highest BCUT2D eigenvalue weighted by atomic mass is 35.5. The van der Waals surface area contributed by atoms with Gasteiger partial charge in [-0.15, -0.1) is 16.5 Å². The number of methoxy groups -OCH3 is 2. The van der Waals surface area contributed by atoms with Crippen LogP contribution in [-0.2, 0) is 68.3 Å². The number of nitrogens with zero attached hydrogens (tertiary/aromatic N) is 3. The number of alkyl carbamates (subject to hydrolysis) is 1. The molecule has 2 fully saturated rings. The summed E-state index contributed by atoms with van der Waals surface area (Å²) >= 11 is 8.21. The third-order valence-electron chi connectivity index (χ3n) is 14.2. The van der Waals surface area contributed by atoms with Crippen LogP contribution in [-0.4, -0.2) is 201 Å². The van der Waals surface area contributed by atoms with E-state index in [9.17, 15) is 44.1 Å². The first-order chi connectivity index (χ1) is 38.3. The summed E-state index contributed by atoms with van der Waals surface area (Å²) in [4.78, 5) is 87.2. The van der Waals surface area contributed by atoms with E-state index in [0.717, 1.165) is 11.1 Å². The number of anilines is 1. The highest BCUT2D eigenvalue weighted by Gasteiger charge is 2.64. The molecule has 5 N–H and O–H groups in total. The fraction of sp³-hybridized carbons (Fsp3) is 0.636. The van der Waals surface area contributed by atoms with Gasteiger partial charge in [0.25, 0.3) is 0 Å². The predicted octanol–water partition coefficient (Wildman–Crippen LogP) is 4.25. The van der Waals surface area contributed by atoms with E-state index in [1.54, 1.807) is 45.2 Å². The van der Waals surface area contributed by atoms with E-state index in [4.69, 9.17) is 59.1 Å². The first-order valence-electron chi connectivity index (χ1n) is 26.7. The zero-order chi connectivity index (χ0) is 59.7. The topological polar surface area (TPSA) is 294 Å². The number of ether oxygens (including phenoxy) is 9. The number of rotatable bonds is 27. The van der Waals surface area contributed by atoms with Crippen molar-refractivity contribution in [3.63, 3.8) is 0 Å². The van der Waals surface area contributed by atoms with Gasteiger partial charge in [-0.25, -0.2) is 14.4 Å². The lowest BCUT2D eigenvalue weighted by Crippen LogP contribution is -2.63. The van der Waals surface area contributed by atoms with Gasteiger partial charge in [-0.3, -0.25) is 19.7 Å². The van der Waals surface area contributed by atoms with Crippen LogP contribution < -0.4 is 25.1 Å². The Balaban J connectivity index is 1.06. The van der Waals surface area contributed by atoms with Crippen molar-refractivity contribution in [2.75, 3.05) is 98.4 Å². The van der Waals surface area contributed by atoms with Gasteiger partial charge >= 0.3 is 18.0 Å². The quantitative estimate of drug-likeness (QED) is 0.0475. The van der Waals surface area contributed by atoms with Crippen LogP contribution in [0.3, 0.4) is 0 Å². The molecule has 0 spiro atoms. The Bertz CT molecular complexity index is 2530. The molecule has 0 aliphatic carbocycles. The van der Waals surface area contributed by atoms with Crippen LogP contribution in [0.5, 0.6) is 17.5 Å². The molecule has 3 aliphatic rings. The van der Waals surface area contributed by atoms with Crippen molar-refractivity contribution in [3.05, 3.63) is 58.7 Å². The number of esters is 1. The average molecular weight is 1180 g/mol. The molecule has 5 rings (SSSR count). The lowest BCUT2D eigenvalue weighted by molar-refractivity contribution is -0.162. The van der Waals surface area contributed by atoms with Gasteiger partial charge in [0.05, 0.1) is 90.4 Å². The maximum Gasteiger partial charge on any atom is 0.409 e. The van der Waals surface area contributed by atoms with Crippen LogP contribution in [0.15, 0.2) is 48.1 Å². The molecule has 2 aromatic rings. The Kier molecular flexibility index (Phi) is 25.0. The maximum atomic E-state index is 14.4. The van der Waals surface area contributed by atoms with E-state index >= 15 is 0 Å². The number of allylic oxidation sites excluding steroid dienone is 3. The van der Waals surface area contributed by atoms with Gasteiger partial charge in [-0.2, -0.15) is 0 Å². The molecule has 452 valence electrons. The smallest absolute Gasteiger partial charge is 0.409 e. The number of likely N-dealkylation sites (N-methyl/N-ethyl adjacent to an activating group) is 1. The molecule has 0 unspecified atom stereocenters. The van der Waals surface area contributed by atoms with Crippen LogP contribution >= 0.6 is 23.4 Å². The minimum atomic E-state index is -1.88. The first-order valence-corrected chi connectivity index (χ1v) is 28.1. The Morgan fingerprint density at radius 3 is 2.25 bits per heavy atom. The zero-order valence-electron chi connectivity index (χ0n) is 47.8. The number of carbonyl (C=O) groups is 6. The molecule has 1 aromatic heterocycles. The van der Waals surface area contributed by atoms with Crippen LogP contribution in [0.4, 0.5) is 10.5 Å². The number of nitrogens with one attached hydrogen (secondary N) is 2. The maximum absolute atomic E-state index is 14.4. The molecule has 2 saturated heterocycles. The van der Waals surface area contributed by atoms with E-state index in [0.29, 0.717) is 55.4 Å². The average Bonchev–Trinajstić information content (AvgIpc) is 4.14. The monoisotopic (exact) mass is 1180 g/mol. The summed E-state index contributed by atoms with van der Waals surface area (Å²) < 4.78 is 51.4. The predicted molar refractivity (Wildman–Crippen MR) is 297 cm³/mol. The summed E-state index contributed by atoms with van der Waals surface area (Å²) in [5.41, 5.74) is -1.14. The first kappa shape index (κ1) is 66.2. The van der Waals surface area contributed by atoms with Gasteiger partial charge in [0.2, 0.25) is 29.5 Å². The summed E-state index contributed by atoms with van der Waals surface area (Å²) in [6.07, 6.45) is 0.812. The van der Waals surface area contributed by atoms with Gasteiger partial charge in [0, 0.05) is 63.4 Å². The van der Waals surface area contributed by atoms with E-state index in [1.807, 2.05) is 26.8 Å². The second-order valence-corrected chi connectivity index (χ2v) is 22.9. The molecule has 0 radical (unpaired) electrons. The largest absolute Gasteiger partial charge is 0.495 e. The number of aromatic nitrogens is 1. The van der Waals surface area contributed by atoms with Crippen molar-refractivity contribution in [3.8, 4) is 17.5 Å². The number of thioether (sulfide) groups is 1. The number of aliphatic hydroxyl groups is 1. The van der Waals surface area contributed by atoms with E-state index in [-0.39, 0.29) is 81.2 Å². The lowest BCUT2D eigenvalue weighted by Gasteiger charge is -2.42. The van der Waals surface area contributed by atoms with Crippen molar-refractivity contribution >= 4 is 64.8 Å². The summed E-state index contributed by atoms with van der Waals surface area (Å²) in [5.74, 6) is -3.45. The van der Waals surface area contributed by atoms with E-state index < -0.39 is 88.1 Å². The molecule has 4 bridgehead atoms. The Morgan fingerprint density at radius 2 is 1.62 bits per heavy atom. The minimum absolute atomic E-state index is 0.0516. The molecule has 4 heterocycles. The van der Waals surface area contributed by atoms with Crippen molar-refractivity contribution in [2.24, 2.45) is 5.92 Å². The van der Waals surface area contributed by atoms with E-state index in [1.165, 1.54) is 61.9 Å². The molecule has 24 nitrogen and oxygen atoms in total. The van der Waals surface area contributed by atoms with Gasteiger partial charge in [-0.1, -0.05) is 56.2 Å². The van der Waals surface area contributed by atoms with Gasteiger partial charge in [0.1, 0.15) is 40.7 Å². The number of halogens is 1. The Hall–Kier alpha value is -5.64. The number of carbonyl (C=O) groups excluding carboxylic acids is 6. The van der Waals surface area contributed by atoms with Crippen LogP contribution in [0.25, 0.3) is 0 Å². The molecular weight excluding hydrogens is 1100 g/mol. The number of aromatic hydroxyl groups is 2. The minimum Gasteiger partial charge on any atom is -0.495 e. The summed E-state index contributed by atoms with van der Waals surface area (Å²) in [6.45, 7) is 13.1. The summed E-state index contributed by atoms with van der Waals surface area (Å²) in [5, 5.41) is 36.4. The second-order valence-electron chi connectivity index (χ2n) is 20.8. The Labute approximate surface area is 481 Å². The van der Waals surface area contributed by atoms with Crippen LogP contribution in [0.2, 0.25) is 5.02 Å². The third kappa shape index (κ3) is 19.2. The molecule has 0 saturated carbocycles. The molecular formula is C55H80ClN5O19S. The number of benzene rings is 1. The molecule has 1 aromatic carbocycles. The normalized spacial score (nSPS) is 23.5. The van der Waals surface area contributed by atoms with Gasteiger partial charge in [-0.05, 0) is 51.3 Å². The summed E-state index contributed by atoms with van der Waals surface area (Å²) in [6, 6.07) is 4.81. The van der Waals surface area contributed by atoms with Crippen molar-refractivity contribution < 1.29 is 91.6 Å². The molecule has 8 atom stereocenters. The van der Waals surface area contributed by atoms with Crippen LogP contribution in [0, 0.1) is 5.92 Å². The number of hydrogen-bond donors (Lipinski definition) is 5. The van der Waals surface area contributed by atoms with Crippen molar-refractivity contribution in [1.82, 2.24) is 20.3 Å². The van der Waals surface area contributed by atoms with Gasteiger partial charge < -0.3 is 77.9 Å². The highest BCUT2D eigenvalue weighted by molar-refractivity contribution is 8.01.